The number of methoxy groups -OCH3 is 1. The maximum Gasteiger partial charge on any atom is 0.337 e. The Labute approximate surface area is 140 Å². The number of rotatable bonds is 2. The predicted octanol–water partition coefficient (Wildman–Crippen LogP) is 2.71. The summed E-state index contributed by atoms with van der Waals surface area (Å²) in [5.41, 5.74) is 1.55. The lowest BCUT2D eigenvalue weighted by atomic mass is 9.86. The van der Waals surface area contributed by atoms with Gasteiger partial charge in [-0.2, -0.15) is 0 Å². The highest BCUT2D eigenvalue weighted by atomic mass is 19.1. The zero-order chi connectivity index (χ0) is 17.8. The Kier molecular flexibility index (Phi) is 11.3. The van der Waals surface area contributed by atoms with E-state index >= 15 is 0 Å². The largest absolute Gasteiger partial charge is 0.465 e. The molecule has 2 unspecified atom stereocenters. The standard InChI is InChI=1S/C13H16BNO3.C3H8.CH3F/c1-18-13(17)10-4-2-9(3-5-10)11-6-7-15(14)8-12(11)16;1-3-2;1-2/h2-5,11-12,16H,6-8H2,1H3;3H2,1-2H3;1H3. The van der Waals surface area contributed by atoms with Crippen molar-refractivity contribution in [3.05, 3.63) is 35.4 Å². The van der Waals surface area contributed by atoms with Gasteiger partial charge in [-0.05, 0) is 30.7 Å². The van der Waals surface area contributed by atoms with Crippen LogP contribution >= 0.6 is 0 Å². The van der Waals surface area contributed by atoms with E-state index in [0.29, 0.717) is 19.3 Å². The predicted molar refractivity (Wildman–Crippen MR) is 91.5 cm³/mol. The molecule has 0 aromatic heterocycles. The van der Waals surface area contributed by atoms with E-state index in [4.69, 9.17) is 7.98 Å². The van der Waals surface area contributed by atoms with Crippen molar-refractivity contribution >= 4 is 14.0 Å². The van der Waals surface area contributed by atoms with E-state index in [1.54, 1.807) is 16.9 Å². The molecule has 0 spiro atoms. The zero-order valence-corrected chi connectivity index (χ0v) is 14.5. The Morgan fingerprint density at radius 2 is 1.87 bits per heavy atom. The molecule has 0 amide bonds. The molecular weight excluding hydrogens is 296 g/mol. The Morgan fingerprint density at radius 1 is 1.35 bits per heavy atom. The topological polar surface area (TPSA) is 49.8 Å². The van der Waals surface area contributed by atoms with E-state index in [1.807, 2.05) is 12.1 Å². The number of alkyl halides is 1. The first-order valence-corrected chi connectivity index (χ1v) is 7.77. The number of aliphatic hydroxyl groups is 1. The van der Waals surface area contributed by atoms with Crippen LogP contribution in [0.25, 0.3) is 0 Å². The SMILES string of the molecule is CCC.CF.[B]N1CCC(c2ccc(C(=O)OC)cc2)C(O)C1. The van der Waals surface area contributed by atoms with Crippen LogP contribution in [0.2, 0.25) is 0 Å². The number of halogens is 1. The lowest BCUT2D eigenvalue weighted by Crippen LogP contribution is -2.41. The molecule has 1 saturated heterocycles. The first kappa shape index (κ1) is 21.6. The van der Waals surface area contributed by atoms with Crippen molar-refractivity contribution in [1.82, 2.24) is 4.81 Å². The molecule has 1 aliphatic heterocycles. The van der Waals surface area contributed by atoms with E-state index in [2.05, 4.69) is 18.6 Å². The van der Waals surface area contributed by atoms with Crippen LogP contribution in [0.3, 0.4) is 0 Å². The fourth-order valence-electron chi connectivity index (χ4n) is 2.33. The van der Waals surface area contributed by atoms with Gasteiger partial charge in [-0.15, -0.1) is 0 Å². The van der Waals surface area contributed by atoms with Gasteiger partial charge < -0.3 is 14.7 Å². The number of hydrogen-bond acceptors (Lipinski definition) is 4. The number of carbonyl (C=O) groups is 1. The summed E-state index contributed by atoms with van der Waals surface area (Å²) in [6.45, 7) is 5.49. The molecule has 1 N–H and O–H groups in total. The summed E-state index contributed by atoms with van der Waals surface area (Å²) in [4.78, 5) is 12.9. The number of ether oxygens (including phenoxy) is 1. The van der Waals surface area contributed by atoms with Crippen molar-refractivity contribution in [3.63, 3.8) is 0 Å². The van der Waals surface area contributed by atoms with Gasteiger partial charge in [0.05, 0.1) is 26.0 Å². The highest BCUT2D eigenvalue weighted by Gasteiger charge is 2.26. The van der Waals surface area contributed by atoms with Crippen molar-refractivity contribution in [2.75, 3.05) is 27.4 Å². The number of piperidine rings is 1. The van der Waals surface area contributed by atoms with Crippen molar-refractivity contribution in [2.45, 2.75) is 38.7 Å². The second-order valence-electron chi connectivity index (χ2n) is 5.28. The van der Waals surface area contributed by atoms with Gasteiger partial charge in [-0.3, -0.25) is 4.39 Å². The molecule has 0 aliphatic carbocycles. The molecule has 2 radical (unpaired) electrons. The molecule has 6 heteroatoms. The number of aliphatic hydroxyl groups excluding tert-OH is 1. The maximum absolute atomic E-state index is 11.3. The van der Waals surface area contributed by atoms with Crippen LogP contribution in [-0.2, 0) is 4.74 Å². The Balaban J connectivity index is 0.000000868. The van der Waals surface area contributed by atoms with Gasteiger partial charge in [-0.1, -0.05) is 32.4 Å². The summed E-state index contributed by atoms with van der Waals surface area (Å²) in [6.07, 6.45) is 1.60. The van der Waals surface area contributed by atoms with Crippen LogP contribution in [0.5, 0.6) is 0 Å². The fourth-order valence-corrected chi connectivity index (χ4v) is 2.33. The lowest BCUT2D eigenvalue weighted by molar-refractivity contribution is 0.0600. The summed E-state index contributed by atoms with van der Waals surface area (Å²) in [7, 11) is 7.52. The molecule has 2 atom stereocenters. The number of β-amino-alcohol motifs (C(OH)–C–C–N with tert-alkyl or cyclic N) is 1. The number of nitrogens with zero attached hydrogens (tertiary/aromatic N) is 1. The molecule has 0 bridgehead atoms. The average molecular weight is 323 g/mol. The monoisotopic (exact) mass is 323 g/mol. The highest BCUT2D eigenvalue weighted by Crippen LogP contribution is 2.28. The summed E-state index contributed by atoms with van der Waals surface area (Å²) < 4.78 is 14.1. The Morgan fingerprint density at radius 3 is 2.30 bits per heavy atom. The van der Waals surface area contributed by atoms with E-state index in [0.717, 1.165) is 18.5 Å². The molecule has 2 rings (SSSR count). The number of benzene rings is 1. The summed E-state index contributed by atoms with van der Waals surface area (Å²) in [5.74, 6) is -0.268. The van der Waals surface area contributed by atoms with Gasteiger partial charge in [-0.25, -0.2) is 4.79 Å². The third-order valence-corrected chi connectivity index (χ3v) is 3.37. The van der Waals surface area contributed by atoms with Crippen LogP contribution in [0.1, 0.15) is 48.5 Å². The molecule has 1 fully saturated rings. The van der Waals surface area contributed by atoms with Gasteiger partial charge in [0.2, 0.25) is 0 Å². The van der Waals surface area contributed by atoms with Gasteiger partial charge in [0.1, 0.15) is 0 Å². The van der Waals surface area contributed by atoms with Gasteiger partial charge in [0.25, 0.3) is 0 Å². The minimum atomic E-state index is -0.465. The van der Waals surface area contributed by atoms with Crippen LogP contribution in [-0.4, -0.2) is 57.3 Å². The minimum absolute atomic E-state index is 0.0801. The summed E-state index contributed by atoms with van der Waals surface area (Å²) in [6, 6.07) is 7.18. The maximum atomic E-state index is 11.3. The molecule has 23 heavy (non-hydrogen) atoms. The molecule has 1 aliphatic rings. The summed E-state index contributed by atoms with van der Waals surface area (Å²) >= 11 is 0. The quantitative estimate of drug-likeness (QED) is 0.672. The summed E-state index contributed by atoms with van der Waals surface area (Å²) in [5, 5.41) is 10.0. The van der Waals surface area contributed by atoms with Crippen LogP contribution in [0.15, 0.2) is 24.3 Å². The van der Waals surface area contributed by atoms with Gasteiger partial charge in [0, 0.05) is 12.5 Å². The third-order valence-electron chi connectivity index (χ3n) is 3.37. The third kappa shape index (κ3) is 7.14. The van der Waals surface area contributed by atoms with Gasteiger partial charge >= 0.3 is 5.97 Å². The van der Waals surface area contributed by atoms with E-state index in [9.17, 15) is 14.3 Å². The number of esters is 1. The molecule has 128 valence electrons. The molecular formula is C17H27BFNO3. The van der Waals surface area contributed by atoms with E-state index < -0.39 is 6.10 Å². The average Bonchev–Trinajstić information content (AvgIpc) is 2.57. The van der Waals surface area contributed by atoms with Crippen LogP contribution in [0, 0.1) is 0 Å². The molecule has 0 saturated carbocycles. The molecule has 1 heterocycles. The van der Waals surface area contributed by atoms with Gasteiger partial charge in [0.15, 0.2) is 7.98 Å². The van der Waals surface area contributed by atoms with Crippen molar-refractivity contribution in [1.29, 1.82) is 0 Å². The first-order chi connectivity index (χ1) is 11.0. The van der Waals surface area contributed by atoms with Crippen LogP contribution < -0.4 is 0 Å². The zero-order valence-electron chi connectivity index (χ0n) is 14.5. The van der Waals surface area contributed by atoms with Crippen molar-refractivity contribution in [2.24, 2.45) is 0 Å². The molecule has 1 aromatic carbocycles. The Bertz CT molecular complexity index is 442. The smallest absolute Gasteiger partial charge is 0.337 e. The number of carbonyl (C=O) groups excluding carboxylic acids is 1. The normalized spacial score (nSPS) is 20.4. The van der Waals surface area contributed by atoms with E-state index in [-0.39, 0.29) is 11.9 Å². The highest BCUT2D eigenvalue weighted by molar-refractivity contribution is 6.04. The number of hydrogen-bond donors (Lipinski definition) is 1. The Hall–Kier alpha value is -1.40. The fraction of sp³-hybridized carbons (Fsp3) is 0.588. The second-order valence-corrected chi connectivity index (χ2v) is 5.28. The van der Waals surface area contributed by atoms with Crippen molar-refractivity contribution < 1.29 is 19.0 Å². The molecule has 4 nitrogen and oxygen atoms in total. The van der Waals surface area contributed by atoms with Crippen LogP contribution in [0.4, 0.5) is 4.39 Å². The van der Waals surface area contributed by atoms with Crippen molar-refractivity contribution in [3.8, 4) is 0 Å². The van der Waals surface area contributed by atoms with E-state index in [1.165, 1.54) is 13.5 Å². The first-order valence-electron chi connectivity index (χ1n) is 7.77. The molecule has 1 aromatic rings. The lowest BCUT2D eigenvalue weighted by Gasteiger charge is -2.34. The second kappa shape index (κ2) is 12.1. The minimum Gasteiger partial charge on any atom is -0.465 e.